The molecule has 0 aliphatic heterocycles. The van der Waals surface area contributed by atoms with Crippen LogP contribution in [-0.4, -0.2) is 0 Å². The molecule has 2 unspecified atom stereocenters. The van der Waals surface area contributed by atoms with Gasteiger partial charge in [0.15, 0.2) is 0 Å². The van der Waals surface area contributed by atoms with E-state index in [4.69, 9.17) is 0 Å². The average Bonchev–Trinajstić information content (AvgIpc) is 2.36. The molecule has 0 fully saturated rings. The van der Waals surface area contributed by atoms with Gasteiger partial charge in [0.05, 0.1) is 0 Å². The van der Waals surface area contributed by atoms with Crippen molar-refractivity contribution in [2.75, 3.05) is 0 Å². The van der Waals surface area contributed by atoms with Crippen molar-refractivity contribution in [2.45, 2.75) is 101 Å². The lowest BCUT2D eigenvalue weighted by atomic mass is 9.72. The van der Waals surface area contributed by atoms with E-state index in [1.165, 1.54) is 32.1 Å². The van der Waals surface area contributed by atoms with Crippen molar-refractivity contribution in [1.82, 2.24) is 0 Å². The van der Waals surface area contributed by atoms with E-state index >= 15 is 0 Å². The van der Waals surface area contributed by atoms with Gasteiger partial charge in [0.25, 0.3) is 0 Å². The fraction of sp³-hybridized carbons (Fsp3) is 1.00. The Morgan fingerprint density at radius 2 is 1.25 bits per heavy atom. The van der Waals surface area contributed by atoms with Crippen molar-refractivity contribution in [3.8, 4) is 0 Å². The smallest absolute Gasteiger partial charge is 0.0329 e. The summed E-state index contributed by atoms with van der Waals surface area (Å²) < 4.78 is 0. The molecule has 0 bridgehead atoms. The van der Waals surface area contributed by atoms with Crippen LogP contribution in [0.2, 0.25) is 0 Å². The quantitative estimate of drug-likeness (QED) is 0.431. The fourth-order valence-electron chi connectivity index (χ4n) is 2.48. The summed E-state index contributed by atoms with van der Waals surface area (Å²) in [6.45, 7) is 23.2. The van der Waals surface area contributed by atoms with Gasteiger partial charge in [-0.3, -0.25) is 0 Å². The molecule has 0 amide bonds. The molecule has 0 aliphatic rings. The van der Waals surface area contributed by atoms with Gasteiger partial charge in [-0.1, -0.05) is 101 Å². The van der Waals surface area contributed by atoms with E-state index in [0.29, 0.717) is 5.41 Å². The van der Waals surface area contributed by atoms with Crippen LogP contribution in [0.4, 0.5) is 0 Å². The third kappa shape index (κ3) is 11.8. The normalized spacial score (nSPS) is 15.0. The highest BCUT2D eigenvalue weighted by atomic mass is 14.3. The van der Waals surface area contributed by atoms with E-state index in [-0.39, 0.29) is 0 Å². The zero-order valence-corrected chi connectivity index (χ0v) is 16.3. The largest absolute Gasteiger partial charge is 0.0654 e. The molecule has 0 saturated carbocycles. The van der Waals surface area contributed by atoms with Crippen LogP contribution < -0.4 is 0 Å². The molecule has 0 saturated heterocycles. The van der Waals surface area contributed by atoms with E-state index in [1.807, 2.05) is 0 Å². The first-order valence-electron chi connectivity index (χ1n) is 9.08. The maximum absolute atomic E-state index is 2.37. The molecule has 0 nitrogen and oxygen atoms in total. The third-order valence-electron chi connectivity index (χ3n) is 5.16. The SMILES string of the molecule is CCC(C)(C)C(C)C(C)C.CCCC(C)CCC(C)C. The summed E-state index contributed by atoms with van der Waals surface area (Å²) in [6.07, 6.45) is 6.87. The summed E-state index contributed by atoms with van der Waals surface area (Å²) in [7, 11) is 0. The molecule has 0 aromatic carbocycles. The molecule has 0 N–H and O–H groups in total. The zero-order chi connectivity index (χ0) is 16.3. The summed E-state index contributed by atoms with van der Waals surface area (Å²) in [6, 6.07) is 0. The number of rotatable bonds is 8. The minimum absolute atomic E-state index is 0.522. The molecule has 0 rings (SSSR count). The molecule has 0 spiro atoms. The van der Waals surface area contributed by atoms with Gasteiger partial charge in [0.1, 0.15) is 0 Å². The van der Waals surface area contributed by atoms with E-state index in [2.05, 4.69) is 69.2 Å². The first-order chi connectivity index (χ1) is 9.08. The molecular weight excluding hydrogens is 240 g/mol. The van der Waals surface area contributed by atoms with Crippen LogP contribution in [0.5, 0.6) is 0 Å². The molecule has 0 aromatic heterocycles. The molecule has 0 aromatic rings. The fourth-order valence-corrected chi connectivity index (χ4v) is 2.48. The zero-order valence-electron chi connectivity index (χ0n) is 16.3. The topological polar surface area (TPSA) is 0 Å². The van der Waals surface area contributed by atoms with E-state index in [0.717, 1.165) is 23.7 Å². The van der Waals surface area contributed by atoms with E-state index in [9.17, 15) is 0 Å². The Kier molecular flexibility index (Phi) is 13.0. The molecular formula is C20H44. The van der Waals surface area contributed by atoms with E-state index < -0.39 is 0 Å². The Balaban J connectivity index is 0. The predicted octanol–water partition coefficient (Wildman–Crippen LogP) is 7.57. The summed E-state index contributed by atoms with van der Waals surface area (Å²) in [5, 5.41) is 0. The first kappa shape index (κ1) is 22.3. The van der Waals surface area contributed by atoms with Crippen molar-refractivity contribution >= 4 is 0 Å². The van der Waals surface area contributed by atoms with Gasteiger partial charge < -0.3 is 0 Å². The highest BCUT2D eigenvalue weighted by molar-refractivity contribution is 4.75. The predicted molar refractivity (Wildman–Crippen MR) is 96.2 cm³/mol. The molecule has 0 heteroatoms. The van der Waals surface area contributed by atoms with Crippen LogP contribution in [0.15, 0.2) is 0 Å². The summed E-state index contributed by atoms with van der Waals surface area (Å²) in [5.41, 5.74) is 0.522. The van der Waals surface area contributed by atoms with Crippen LogP contribution in [-0.2, 0) is 0 Å². The Hall–Kier alpha value is 0. The van der Waals surface area contributed by atoms with Gasteiger partial charge in [-0.15, -0.1) is 0 Å². The molecule has 0 radical (unpaired) electrons. The molecule has 2 atom stereocenters. The number of hydrogen-bond acceptors (Lipinski definition) is 0. The lowest BCUT2D eigenvalue weighted by Gasteiger charge is -2.33. The molecule has 0 heterocycles. The summed E-state index contributed by atoms with van der Waals surface area (Å²) in [4.78, 5) is 0. The summed E-state index contributed by atoms with van der Waals surface area (Å²) >= 11 is 0. The second kappa shape index (κ2) is 11.6. The van der Waals surface area contributed by atoms with Crippen molar-refractivity contribution in [3.63, 3.8) is 0 Å². The van der Waals surface area contributed by atoms with Gasteiger partial charge >= 0.3 is 0 Å². The van der Waals surface area contributed by atoms with Crippen LogP contribution in [0.25, 0.3) is 0 Å². The molecule has 20 heavy (non-hydrogen) atoms. The van der Waals surface area contributed by atoms with Crippen molar-refractivity contribution in [1.29, 1.82) is 0 Å². The van der Waals surface area contributed by atoms with Gasteiger partial charge in [-0.2, -0.15) is 0 Å². The monoisotopic (exact) mass is 284 g/mol. The second-order valence-corrected chi connectivity index (χ2v) is 8.24. The Bertz CT molecular complexity index is 200. The Labute approximate surface area is 131 Å². The van der Waals surface area contributed by atoms with Crippen molar-refractivity contribution < 1.29 is 0 Å². The van der Waals surface area contributed by atoms with Crippen LogP contribution >= 0.6 is 0 Å². The summed E-state index contributed by atoms with van der Waals surface area (Å²) in [5.74, 6) is 3.49. The van der Waals surface area contributed by atoms with Gasteiger partial charge in [0, 0.05) is 0 Å². The average molecular weight is 285 g/mol. The first-order valence-corrected chi connectivity index (χ1v) is 9.08. The lowest BCUT2D eigenvalue weighted by molar-refractivity contribution is 0.168. The molecule has 124 valence electrons. The van der Waals surface area contributed by atoms with E-state index in [1.54, 1.807) is 0 Å². The van der Waals surface area contributed by atoms with Crippen LogP contribution in [0, 0.1) is 29.1 Å². The van der Waals surface area contributed by atoms with Gasteiger partial charge in [-0.25, -0.2) is 0 Å². The number of hydrogen-bond donors (Lipinski definition) is 0. The van der Waals surface area contributed by atoms with Gasteiger partial charge in [-0.05, 0) is 29.1 Å². The Morgan fingerprint density at radius 1 is 0.750 bits per heavy atom. The highest BCUT2D eigenvalue weighted by Gasteiger charge is 2.25. The van der Waals surface area contributed by atoms with Crippen LogP contribution in [0.3, 0.4) is 0 Å². The Morgan fingerprint density at radius 3 is 1.50 bits per heavy atom. The minimum atomic E-state index is 0.522. The molecule has 0 aliphatic carbocycles. The highest BCUT2D eigenvalue weighted by Crippen LogP contribution is 2.34. The standard InChI is InChI=1S/2C10H22/c1-7-10(5,6)9(4)8(2)3;1-5-6-10(4)8-7-9(2)3/h8-9H,7H2,1-6H3;9-10H,5-8H2,1-4H3. The second-order valence-electron chi connectivity index (χ2n) is 8.24. The van der Waals surface area contributed by atoms with Crippen molar-refractivity contribution in [2.24, 2.45) is 29.1 Å². The lowest BCUT2D eigenvalue weighted by Crippen LogP contribution is -2.24. The third-order valence-corrected chi connectivity index (χ3v) is 5.16. The van der Waals surface area contributed by atoms with Crippen molar-refractivity contribution in [3.05, 3.63) is 0 Å². The van der Waals surface area contributed by atoms with Gasteiger partial charge in [0.2, 0.25) is 0 Å². The minimum Gasteiger partial charge on any atom is -0.0654 e. The van der Waals surface area contributed by atoms with Crippen LogP contribution in [0.1, 0.15) is 101 Å². The maximum atomic E-state index is 2.37. The maximum Gasteiger partial charge on any atom is -0.0329 e.